The van der Waals surface area contributed by atoms with Gasteiger partial charge in [-0.1, -0.05) is 37.3 Å². The number of benzene rings is 1. The van der Waals surface area contributed by atoms with Crippen LogP contribution in [0.25, 0.3) is 0 Å². The Hall–Kier alpha value is -1.71. The number of aromatic nitrogens is 4. The zero-order valence-corrected chi connectivity index (χ0v) is 8.01. The Balaban J connectivity index is 2.31. The summed E-state index contributed by atoms with van der Waals surface area (Å²) >= 11 is 0. The van der Waals surface area contributed by atoms with Crippen molar-refractivity contribution in [2.45, 2.75) is 19.3 Å². The molecular weight excluding hydrogens is 176 g/mol. The van der Waals surface area contributed by atoms with Crippen LogP contribution in [0.3, 0.4) is 0 Å². The highest BCUT2D eigenvalue weighted by molar-refractivity contribution is 5.24. The smallest absolute Gasteiger partial charge is 0.155 e. The molecule has 1 aromatic carbocycles. The molecule has 1 unspecified atom stereocenters. The second-order valence-corrected chi connectivity index (χ2v) is 3.16. The molecule has 0 spiro atoms. The maximum atomic E-state index is 3.95. The fourth-order valence-corrected chi connectivity index (χ4v) is 1.59. The van der Waals surface area contributed by atoms with Crippen molar-refractivity contribution in [2.75, 3.05) is 0 Å². The summed E-state index contributed by atoms with van der Waals surface area (Å²) in [4.78, 5) is 0. The average molecular weight is 188 g/mol. The first-order valence-corrected chi connectivity index (χ1v) is 4.70. The van der Waals surface area contributed by atoms with Gasteiger partial charge in [-0.3, -0.25) is 0 Å². The normalized spacial score (nSPS) is 12.6. The van der Waals surface area contributed by atoms with Gasteiger partial charge in [-0.2, -0.15) is 0 Å². The SMILES string of the molecule is CCC(c1ccccc1)c1nnn[nH]1. The van der Waals surface area contributed by atoms with E-state index in [-0.39, 0.29) is 5.92 Å². The highest BCUT2D eigenvalue weighted by Crippen LogP contribution is 2.23. The Labute approximate surface area is 82.4 Å². The standard InChI is InChI=1S/C10H12N4/c1-2-9(10-11-13-14-12-10)8-6-4-3-5-7-8/h3-7,9H,2H2,1H3,(H,11,12,13,14). The minimum atomic E-state index is 0.270. The largest absolute Gasteiger partial charge is 0.242 e. The molecule has 0 radical (unpaired) electrons. The predicted octanol–water partition coefficient (Wildman–Crippen LogP) is 1.74. The van der Waals surface area contributed by atoms with E-state index in [9.17, 15) is 0 Å². The molecule has 14 heavy (non-hydrogen) atoms. The molecule has 0 saturated heterocycles. The molecule has 0 saturated carbocycles. The van der Waals surface area contributed by atoms with E-state index in [2.05, 4.69) is 39.7 Å². The number of H-pyrrole nitrogens is 1. The molecule has 2 aromatic rings. The van der Waals surface area contributed by atoms with E-state index in [0.29, 0.717) is 0 Å². The van der Waals surface area contributed by atoms with Crippen molar-refractivity contribution in [3.63, 3.8) is 0 Å². The first kappa shape index (κ1) is 8.87. The molecule has 0 amide bonds. The number of nitrogens with zero attached hydrogens (tertiary/aromatic N) is 3. The van der Waals surface area contributed by atoms with Gasteiger partial charge in [-0.05, 0) is 22.4 Å². The van der Waals surface area contributed by atoms with Gasteiger partial charge in [0, 0.05) is 5.92 Å². The maximum absolute atomic E-state index is 3.95. The van der Waals surface area contributed by atoms with Crippen LogP contribution in [0.15, 0.2) is 30.3 Å². The fraction of sp³-hybridized carbons (Fsp3) is 0.300. The molecule has 0 bridgehead atoms. The monoisotopic (exact) mass is 188 g/mol. The van der Waals surface area contributed by atoms with Gasteiger partial charge >= 0.3 is 0 Å². The number of aromatic amines is 1. The lowest BCUT2D eigenvalue weighted by Gasteiger charge is -2.10. The first-order chi connectivity index (χ1) is 6.92. The van der Waals surface area contributed by atoms with Crippen LogP contribution in [-0.2, 0) is 0 Å². The summed E-state index contributed by atoms with van der Waals surface area (Å²) in [5, 5.41) is 14.0. The predicted molar refractivity (Wildman–Crippen MR) is 52.8 cm³/mol. The van der Waals surface area contributed by atoms with E-state index in [4.69, 9.17) is 0 Å². The molecule has 1 N–H and O–H groups in total. The van der Waals surface area contributed by atoms with Gasteiger partial charge in [-0.15, -0.1) is 5.10 Å². The van der Waals surface area contributed by atoms with Crippen LogP contribution in [0.5, 0.6) is 0 Å². The minimum absolute atomic E-state index is 0.270. The van der Waals surface area contributed by atoms with E-state index in [1.165, 1.54) is 5.56 Å². The summed E-state index contributed by atoms with van der Waals surface area (Å²) in [6.07, 6.45) is 0.987. The number of rotatable bonds is 3. The third kappa shape index (κ3) is 1.64. The van der Waals surface area contributed by atoms with Crippen molar-refractivity contribution in [1.29, 1.82) is 0 Å². The van der Waals surface area contributed by atoms with Gasteiger partial charge in [-0.25, -0.2) is 5.10 Å². The van der Waals surface area contributed by atoms with E-state index in [1.807, 2.05) is 18.2 Å². The second kappa shape index (κ2) is 4.00. The summed E-state index contributed by atoms with van der Waals surface area (Å²) < 4.78 is 0. The summed E-state index contributed by atoms with van der Waals surface area (Å²) in [5.74, 6) is 1.10. The van der Waals surface area contributed by atoms with Gasteiger partial charge < -0.3 is 0 Å². The van der Waals surface area contributed by atoms with Crippen molar-refractivity contribution < 1.29 is 0 Å². The van der Waals surface area contributed by atoms with Gasteiger partial charge in [0.25, 0.3) is 0 Å². The van der Waals surface area contributed by atoms with Crippen LogP contribution in [0.4, 0.5) is 0 Å². The molecule has 2 rings (SSSR count). The van der Waals surface area contributed by atoms with Crippen LogP contribution >= 0.6 is 0 Å². The molecule has 0 aliphatic carbocycles. The van der Waals surface area contributed by atoms with Crippen LogP contribution < -0.4 is 0 Å². The number of nitrogens with one attached hydrogen (secondary N) is 1. The lowest BCUT2D eigenvalue weighted by molar-refractivity contribution is 0.719. The third-order valence-electron chi connectivity index (χ3n) is 2.30. The van der Waals surface area contributed by atoms with Crippen LogP contribution in [-0.4, -0.2) is 20.6 Å². The Bertz CT molecular complexity index is 368. The number of hydrogen-bond donors (Lipinski definition) is 1. The van der Waals surface area contributed by atoms with Crippen molar-refractivity contribution in [3.05, 3.63) is 41.7 Å². The van der Waals surface area contributed by atoms with Crippen LogP contribution in [0, 0.1) is 0 Å². The Morgan fingerprint density at radius 1 is 1.29 bits per heavy atom. The maximum Gasteiger partial charge on any atom is 0.155 e. The molecule has 1 aromatic heterocycles. The lowest BCUT2D eigenvalue weighted by atomic mass is 9.96. The second-order valence-electron chi connectivity index (χ2n) is 3.16. The Morgan fingerprint density at radius 3 is 2.64 bits per heavy atom. The Morgan fingerprint density at radius 2 is 2.07 bits per heavy atom. The average Bonchev–Trinajstić information content (AvgIpc) is 2.74. The molecule has 1 heterocycles. The highest BCUT2D eigenvalue weighted by Gasteiger charge is 2.14. The summed E-state index contributed by atoms with van der Waals surface area (Å²) in [6, 6.07) is 10.3. The van der Waals surface area contributed by atoms with Gasteiger partial charge in [0.15, 0.2) is 5.82 Å². The topological polar surface area (TPSA) is 54.5 Å². The molecule has 0 aliphatic rings. The molecule has 72 valence electrons. The summed E-state index contributed by atoms with van der Waals surface area (Å²) in [5.41, 5.74) is 1.24. The Kier molecular flexibility index (Phi) is 2.53. The number of tetrazole rings is 1. The van der Waals surface area contributed by atoms with Crippen LogP contribution in [0.1, 0.15) is 30.7 Å². The van der Waals surface area contributed by atoms with Crippen molar-refractivity contribution in [2.24, 2.45) is 0 Å². The summed E-state index contributed by atoms with van der Waals surface area (Å²) in [7, 11) is 0. The van der Waals surface area contributed by atoms with E-state index in [1.54, 1.807) is 0 Å². The molecular formula is C10H12N4. The molecule has 1 atom stereocenters. The third-order valence-corrected chi connectivity index (χ3v) is 2.30. The molecule has 4 heteroatoms. The zero-order valence-electron chi connectivity index (χ0n) is 8.01. The van der Waals surface area contributed by atoms with E-state index < -0.39 is 0 Å². The quantitative estimate of drug-likeness (QED) is 0.798. The molecule has 4 nitrogen and oxygen atoms in total. The first-order valence-electron chi connectivity index (χ1n) is 4.70. The summed E-state index contributed by atoms with van der Waals surface area (Å²) in [6.45, 7) is 2.13. The zero-order chi connectivity index (χ0) is 9.80. The molecule has 0 fully saturated rings. The molecule has 0 aliphatic heterocycles. The van der Waals surface area contributed by atoms with E-state index >= 15 is 0 Å². The minimum Gasteiger partial charge on any atom is -0.242 e. The van der Waals surface area contributed by atoms with Crippen molar-refractivity contribution >= 4 is 0 Å². The van der Waals surface area contributed by atoms with Gasteiger partial charge in [0.2, 0.25) is 0 Å². The fourth-order valence-electron chi connectivity index (χ4n) is 1.59. The number of hydrogen-bond acceptors (Lipinski definition) is 3. The van der Waals surface area contributed by atoms with Crippen molar-refractivity contribution in [1.82, 2.24) is 20.6 Å². The van der Waals surface area contributed by atoms with Crippen molar-refractivity contribution in [3.8, 4) is 0 Å². The lowest BCUT2D eigenvalue weighted by Crippen LogP contribution is -2.01. The van der Waals surface area contributed by atoms with E-state index in [0.717, 1.165) is 12.2 Å². The van der Waals surface area contributed by atoms with Gasteiger partial charge in [0.05, 0.1) is 0 Å². The highest BCUT2D eigenvalue weighted by atomic mass is 15.5. The van der Waals surface area contributed by atoms with Gasteiger partial charge in [0.1, 0.15) is 0 Å². The van der Waals surface area contributed by atoms with Crippen LogP contribution in [0.2, 0.25) is 0 Å².